The maximum absolute atomic E-state index is 14.7. The Kier molecular flexibility index (Phi) is 19.9. The smallest absolute Gasteiger partial charge is 0.462 e. The molecule has 4 saturated heterocycles. The number of ether oxygens (including phenoxy) is 13. The lowest BCUT2D eigenvalue weighted by Gasteiger charge is -2.48. The van der Waals surface area contributed by atoms with Gasteiger partial charge in [0.25, 0.3) is 0 Å². The van der Waals surface area contributed by atoms with Crippen molar-refractivity contribution in [1.29, 1.82) is 0 Å². The Balaban J connectivity index is 1.17. The van der Waals surface area contributed by atoms with Gasteiger partial charge in [0.2, 0.25) is 0 Å². The van der Waals surface area contributed by atoms with Gasteiger partial charge in [0, 0.05) is 58.8 Å². The number of rotatable bonds is 14. The van der Waals surface area contributed by atoms with Crippen LogP contribution in [0.5, 0.6) is 0 Å². The lowest BCUT2D eigenvalue weighted by atomic mass is 9.70. The van der Waals surface area contributed by atoms with Gasteiger partial charge in [-0.3, -0.25) is 4.79 Å². The van der Waals surface area contributed by atoms with Gasteiger partial charge in [-0.15, -0.1) is 0 Å². The van der Waals surface area contributed by atoms with E-state index in [1.165, 1.54) is 17.1 Å². The molecule has 0 aromatic carbocycles. The van der Waals surface area contributed by atoms with E-state index in [0.29, 0.717) is 36.8 Å². The van der Waals surface area contributed by atoms with Crippen molar-refractivity contribution in [2.24, 2.45) is 23.7 Å². The van der Waals surface area contributed by atoms with Crippen molar-refractivity contribution in [2.75, 3.05) is 41.1 Å². The van der Waals surface area contributed by atoms with Gasteiger partial charge in [-0.2, -0.15) is 0 Å². The van der Waals surface area contributed by atoms with Gasteiger partial charge in [0.15, 0.2) is 24.5 Å². The van der Waals surface area contributed by atoms with E-state index in [4.69, 9.17) is 61.6 Å². The van der Waals surface area contributed by atoms with Crippen molar-refractivity contribution < 1.29 is 81.1 Å². The Hall–Kier alpha value is -4.21. The summed E-state index contributed by atoms with van der Waals surface area (Å²) in [6.07, 6.45) is 9.64. The summed E-state index contributed by atoms with van der Waals surface area (Å²) in [4.78, 5) is 41.9. The number of amides is 1. The third-order valence-electron chi connectivity index (χ3n) is 16.1. The normalized spacial score (nSPS) is 42.3. The minimum absolute atomic E-state index is 0.0593. The monoisotopic (exact) mass is 1050 g/mol. The minimum atomic E-state index is -1.97. The zero-order chi connectivity index (χ0) is 54.4. The van der Waals surface area contributed by atoms with Crippen LogP contribution in [0.15, 0.2) is 84.6 Å². The fourth-order valence-electron chi connectivity index (χ4n) is 11.9. The summed E-state index contributed by atoms with van der Waals surface area (Å²) >= 11 is 0. The lowest BCUT2D eigenvalue weighted by molar-refractivity contribution is -0.314. The third kappa shape index (κ3) is 13.0. The number of aliphatic hydroxyl groups is 1. The number of hydrogen-bond donors (Lipinski definition) is 1. The average molecular weight is 1050 g/mol. The van der Waals surface area contributed by atoms with Crippen molar-refractivity contribution in [3.05, 3.63) is 84.6 Å². The van der Waals surface area contributed by atoms with Crippen LogP contribution >= 0.6 is 0 Å². The van der Waals surface area contributed by atoms with E-state index in [1.807, 2.05) is 45.9 Å². The lowest BCUT2D eigenvalue weighted by Crippen LogP contribution is -2.59. The first kappa shape index (κ1) is 58.5. The molecule has 18 nitrogen and oxygen atoms in total. The maximum atomic E-state index is 14.7. The number of carbonyl (C=O) groups excluding carboxylic acids is 3. The topological polar surface area (TPSA) is 195 Å². The summed E-state index contributed by atoms with van der Waals surface area (Å²) in [5, 5.41) is 13.0. The van der Waals surface area contributed by atoms with Crippen molar-refractivity contribution in [2.45, 2.75) is 191 Å². The number of fused-ring (bicyclic) bond motifs is 2. The molecule has 418 valence electrons. The highest BCUT2D eigenvalue weighted by Gasteiger charge is 2.61. The molecule has 1 spiro atoms. The van der Waals surface area contributed by atoms with Crippen molar-refractivity contribution in [3.8, 4) is 0 Å². The molecule has 0 aromatic heterocycles. The van der Waals surface area contributed by atoms with E-state index in [-0.39, 0.29) is 50.1 Å². The molecule has 75 heavy (non-hydrogen) atoms. The van der Waals surface area contributed by atoms with Gasteiger partial charge in [0.05, 0.1) is 55.4 Å². The largest absolute Gasteiger partial charge is 0.509 e. The number of likely N-dealkylation sites (N-methyl/N-ethyl adjacent to an activating group) is 1. The van der Waals surface area contributed by atoms with Crippen LogP contribution in [0.4, 0.5) is 9.59 Å². The number of hydrogen-bond acceptors (Lipinski definition) is 17. The summed E-state index contributed by atoms with van der Waals surface area (Å²) in [5.74, 6) is -2.96. The van der Waals surface area contributed by atoms with Gasteiger partial charge in [-0.05, 0) is 62.8 Å². The van der Waals surface area contributed by atoms with E-state index < -0.39 is 115 Å². The zero-order valence-corrected chi connectivity index (χ0v) is 45.8. The molecule has 4 fully saturated rings. The highest BCUT2D eigenvalue weighted by molar-refractivity contribution is 5.79. The van der Waals surface area contributed by atoms with E-state index in [1.54, 1.807) is 40.3 Å². The maximum Gasteiger partial charge on any atom is 0.509 e. The van der Waals surface area contributed by atoms with Crippen LogP contribution < -0.4 is 0 Å². The van der Waals surface area contributed by atoms with Gasteiger partial charge in [-0.25, -0.2) is 9.59 Å². The number of carbonyl (C=O) groups is 3. The van der Waals surface area contributed by atoms with Crippen LogP contribution in [0.1, 0.15) is 93.9 Å². The summed E-state index contributed by atoms with van der Waals surface area (Å²) in [7, 11) is 4.89. The second kappa shape index (κ2) is 25.5. The minimum Gasteiger partial charge on any atom is -0.462 e. The summed E-state index contributed by atoms with van der Waals surface area (Å²) in [5.41, 5.74) is -0.156. The van der Waals surface area contributed by atoms with E-state index in [2.05, 4.69) is 46.1 Å². The predicted molar refractivity (Wildman–Crippen MR) is 275 cm³/mol. The summed E-state index contributed by atoms with van der Waals surface area (Å²) in [6.45, 7) is 23.2. The van der Waals surface area contributed by atoms with Crippen molar-refractivity contribution in [3.63, 3.8) is 0 Å². The second-order valence-electron chi connectivity index (χ2n) is 21.4. The quantitative estimate of drug-likeness (QED) is 0.0998. The molecule has 6 heterocycles. The molecule has 2 bridgehead atoms. The highest BCUT2D eigenvalue weighted by Crippen LogP contribution is 2.48. The molecule has 0 saturated carbocycles. The Morgan fingerprint density at radius 1 is 0.893 bits per heavy atom. The predicted octanol–water partition coefficient (Wildman–Crippen LogP) is 7.99. The first-order valence-corrected chi connectivity index (χ1v) is 26.7. The van der Waals surface area contributed by atoms with Crippen LogP contribution in [-0.4, -0.2) is 166 Å². The molecule has 1 N–H and O–H groups in total. The molecule has 20 atom stereocenters. The molecular weight excluding hydrogens is 971 g/mol. The Bertz CT molecular complexity index is 2170. The Morgan fingerprint density at radius 2 is 1.59 bits per heavy atom. The molecular formula is C57H83NO17. The molecule has 18 heteroatoms. The van der Waals surface area contributed by atoms with Crippen LogP contribution in [0.2, 0.25) is 0 Å². The van der Waals surface area contributed by atoms with Gasteiger partial charge in [0.1, 0.15) is 43.0 Å². The third-order valence-corrected chi connectivity index (χ3v) is 16.1. The number of allylic oxidation sites excluding steroid dienone is 2. The van der Waals surface area contributed by atoms with Crippen molar-refractivity contribution >= 4 is 18.2 Å². The molecule has 1 aliphatic carbocycles. The fourth-order valence-corrected chi connectivity index (χ4v) is 11.9. The van der Waals surface area contributed by atoms with Crippen LogP contribution in [0.3, 0.4) is 0 Å². The fraction of sp³-hybridized carbons (Fsp3) is 0.702. The SMILES string of the molecule is C=CCOC(=O)O[C@@H]1C(C)=C[C@H]2C(=O)O[C@H]3C[C@@H](C/C=C(\C)[C@@H](O[C@H]4C[C@H](OC)[C@@H](O[C@H]5C[C@H](OC)[C@H](N(C)C(=O)OCC=C)[C@H](C)O5)[C@H](C)O4)[C@@H](C)/C=C/C=C4\CO[C@H]1[C@@]42O)O[C@@]1(C=C[C@H](C)[C@@H]([C@@H](C)CC)O1)C3. The van der Waals surface area contributed by atoms with E-state index >= 15 is 0 Å². The Morgan fingerprint density at radius 3 is 2.29 bits per heavy atom. The highest BCUT2D eigenvalue weighted by atomic mass is 16.7. The molecule has 6 aliphatic heterocycles. The first-order valence-electron chi connectivity index (χ1n) is 26.7. The molecule has 1 amide bonds. The number of methoxy groups -OCH3 is 2. The summed E-state index contributed by atoms with van der Waals surface area (Å²) < 4.78 is 81.5. The van der Waals surface area contributed by atoms with Gasteiger partial charge in [-0.1, -0.05) is 95.9 Å². The molecule has 0 aromatic rings. The summed E-state index contributed by atoms with van der Waals surface area (Å²) in [6, 6.07) is -0.431. The van der Waals surface area contributed by atoms with Crippen LogP contribution in [-0.2, 0) is 66.4 Å². The molecule has 7 aliphatic rings. The standard InChI is InChI=1S/C57H83NO17/c1-14-24-65-54(60)58(11)47-37(9)68-45(28-43(47)63-12)72-51-38(10)69-46(29-44(51)64-13)71-48-33(5)18-17-19-39-31-67-52-50(73-55(61)66-25-15-2)36(8)26-42(57(39,52)62)53(59)70-41-27-40(21-20-34(48)6)74-56(30-41)23-22-35(7)49(75-56)32(4)16-3/h14-15,17-20,22-23,26,32-33,35,37-38,40-52,62H,1-2,16,21,24-25,27-31H2,3-13H3/b18-17+,34-20+,39-19+/t32-,33-,35-,37-,38-,40+,41-,42-,43-,44-,45-,46-,47+,48-,49+,50+,51-,52+,56+,57+/m0/s1. The van der Waals surface area contributed by atoms with Crippen LogP contribution in [0, 0.1) is 23.7 Å². The molecule has 0 unspecified atom stereocenters. The molecule has 7 rings (SSSR count). The van der Waals surface area contributed by atoms with Gasteiger partial charge < -0.3 is 71.6 Å². The van der Waals surface area contributed by atoms with Gasteiger partial charge >= 0.3 is 18.2 Å². The first-order chi connectivity index (χ1) is 35.8. The van der Waals surface area contributed by atoms with E-state index in [9.17, 15) is 19.5 Å². The van der Waals surface area contributed by atoms with Crippen molar-refractivity contribution in [1.82, 2.24) is 4.90 Å². The zero-order valence-electron chi connectivity index (χ0n) is 45.8. The van der Waals surface area contributed by atoms with E-state index in [0.717, 1.165) is 12.0 Å². The Labute approximate surface area is 443 Å². The number of nitrogens with zero attached hydrogens (tertiary/aromatic N) is 1. The molecule has 0 radical (unpaired) electrons. The van der Waals surface area contributed by atoms with Crippen LogP contribution in [0.25, 0.3) is 0 Å². The average Bonchev–Trinajstić information content (AvgIpc) is 3.73. The number of esters is 1. The second-order valence-corrected chi connectivity index (χ2v) is 21.4.